The molecule has 2 aliphatic rings. The van der Waals surface area contributed by atoms with Gasteiger partial charge in [0.25, 0.3) is 5.91 Å². The Balaban J connectivity index is 1.56. The van der Waals surface area contributed by atoms with Gasteiger partial charge in [0.15, 0.2) is 5.17 Å². The van der Waals surface area contributed by atoms with Gasteiger partial charge >= 0.3 is 0 Å². The van der Waals surface area contributed by atoms with Crippen LogP contribution in [-0.4, -0.2) is 39.5 Å². The van der Waals surface area contributed by atoms with E-state index in [4.69, 9.17) is 16.6 Å². The summed E-state index contributed by atoms with van der Waals surface area (Å²) in [6.07, 6.45) is 0. The Morgan fingerprint density at radius 1 is 1.23 bits per heavy atom. The first-order valence-corrected chi connectivity index (χ1v) is 11.0. The topological polar surface area (TPSA) is 74.1 Å². The Hall–Kier alpha value is -2.64. The highest BCUT2D eigenvalue weighted by Crippen LogP contribution is 2.36. The lowest BCUT2D eigenvalue weighted by Gasteiger charge is -2.32. The molecule has 2 aromatic rings. The van der Waals surface area contributed by atoms with Crippen LogP contribution in [0.25, 0.3) is 0 Å². The van der Waals surface area contributed by atoms with Crippen LogP contribution in [0.4, 0.5) is 11.4 Å². The predicted octanol–water partition coefficient (Wildman–Crippen LogP) is 4.63. The number of amides is 2. The zero-order chi connectivity index (χ0) is 21.4. The molecule has 1 unspecified atom stereocenters. The number of nitrogens with zero attached hydrogens (tertiary/aromatic N) is 3. The van der Waals surface area contributed by atoms with Crippen LogP contribution in [0.15, 0.2) is 52.4 Å². The lowest BCUT2D eigenvalue weighted by Crippen LogP contribution is -2.46. The number of benzene rings is 2. The van der Waals surface area contributed by atoms with Crippen LogP contribution < -0.4 is 5.32 Å². The fraction of sp³-hybridized carbons (Fsp3) is 0.273. The molecule has 2 aliphatic heterocycles. The molecule has 2 aromatic carbocycles. The number of carbonyl (C=O) groups excluding carboxylic acids is 2. The van der Waals surface area contributed by atoms with E-state index in [1.165, 1.54) is 11.8 Å². The van der Waals surface area contributed by atoms with Gasteiger partial charge in [0.2, 0.25) is 5.91 Å². The van der Waals surface area contributed by atoms with Crippen molar-refractivity contribution in [3.05, 3.63) is 58.6 Å². The van der Waals surface area contributed by atoms with Crippen LogP contribution in [0.2, 0.25) is 5.02 Å². The minimum atomic E-state index is -0.422. The van der Waals surface area contributed by atoms with Crippen molar-refractivity contribution in [2.45, 2.75) is 26.8 Å². The highest BCUT2D eigenvalue weighted by Gasteiger charge is 2.43. The smallest absolute Gasteiger partial charge is 0.271 e. The third-order valence-electron chi connectivity index (χ3n) is 4.91. The molecule has 0 fully saturated rings. The lowest BCUT2D eigenvalue weighted by atomic mass is 10.0. The van der Waals surface area contributed by atoms with Gasteiger partial charge in [0.05, 0.1) is 22.2 Å². The first-order chi connectivity index (χ1) is 14.3. The number of aryl methyl sites for hydroxylation is 1. The predicted molar refractivity (Wildman–Crippen MR) is 123 cm³/mol. The SMILES string of the molecule is Cc1ccc(NC(=O)CSC2=Nc3ccccc3C3=NC(=O)C(C(C)C)N23)c(Cl)c1. The minimum Gasteiger partial charge on any atom is -0.324 e. The monoisotopic (exact) mass is 440 g/mol. The summed E-state index contributed by atoms with van der Waals surface area (Å²) in [6, 6.07) is 12.6. The van der Waals surface area contributed by atoms with Crippen molar-refractivity contribution in [2.75, 3.05) is 11.1 Å². The summed E-state index contributed by atoms with van der Waals surface area (Å²) < 4.78 is 0. The van der Waals surface area contributed by atoms with Gasteiger partial charge in [-0.1, -0.05) is 55.4 Å². The molecular formula is C22H21ClN4O2S. The first kappa shape index (κ1) is 20.6. The van der Waals surface area contributed by atoms with E-state index >= 15 is 0 Å². The van der Waals surface area contributed by atoms with Crippen LogP contribution in [-0.2, 0) is 9.59 Å². The molecule has 8 heteroatoms. The summed E-state index contributed by atoms with van der Waals surface area (Å²) >= 11 is 7.50. The number of anilines is 1. The lowest BCUT2D eigenvalue weighted by molar-refractivity contribution is -0.120. The number of amidine groups is 2. The number of aliphatic imine (C=N–C) groups is 2. The molecule has 0 saturated carbocycles. The number of halogens is 1. The number of fused-ring (bicyclic) bond motifs is 3. The summed E-state index contributed by atoms with van der Waals surface area (Å²) in [4.78, 5) is 36.1. The van der Waals surface area contributed by atoms with E-state index in [1.54, 1.807) is 12.1 Å². The summed E-state index contributed by atoms with van der Waals surface area (Å²) in [5, 5.41) is 3.93. The Kier molecular flexibility index (Phi) is 5.66. The van der Waals surface area contributed by atoms with E-state index in [0.29, 0.717) is 21.7 Å². The van der Waals surface area contributed by atoms with Crippen LogP contribution >= 0.6 is 23.4 Å². The second-order valence-electron chi connectivity index (χ2n) is 7.56. The average Bonchev–Trinajstić information content (AvgIpc) is 3.06. The van der Waals surface area contributed by atoms with Gasteiger partial charge in [-0.3, -0.25) is 14.5 Å². The molecule has 30 heavy (non-hydrogen) atoms. The fourth-order valence-electron chi connectivity index (χ4n) is 3.51. The van der Waals surface area contributed by atoms with E-state index in [-0.39, 0.29) is 23.5 Å². The number of rotatable bonds is 4. The van der Waals surface area contributed by atoms with Crippen LogP contribution in [0, 0.1) is 12.8 Å². The first-order valence-electron chi connectivity index (χ1n) is 9.64. The highest BCUT2D eigenvalue weighted by atomic mass is 35.5. The van der Waals surface area contributed by atoms with Crippen molar-refractivity contribution >= 4 is 57.6 Å². The molecular weight excluding hydrogens is 420 g/mol. The van der Waals surface area contributed by atoms with E-state index in [9.17, 15) is 9.59 Å². The van der Waals surface area contributed by atoms with Crippen molar-refractivity contribution in [3.63, 3.8) is 0 Å². The third-order valence-corrected chi connectivity index (χ3v) is 6.17. The molecule has 0 spiro atoms. The van der Waals surface area contributed by atoms with Crippen molar-refractivity contribution in [2.24, 2.45) is 15.9 Å². The maximum Gasteiger partial charge on any atom is 0.271 e. The molecule has 4 rings (SSSR count). The quantitative estimate of drug-likeness (QED) is 0.751. The molecule has 0 radical (unpaired) electrons. The molecule has 0 bridgehead atoms. The Labute approximate surface area is 184 Å². The second kappa shape index (κ2) is 8.24. The highest BCUT2D eigenvalue weighted by molar-refractivity contribution is 8.14. The van der Waals surface area contributed by atoms with Gasteiger partial charge < -0.3 is 5.32 Å². The molecule has 6 nitrogen and oxygen atoms in total. The number of nitrogens with one attached hydrogen (secondary N) is 1. The van der Waals surface area contributed by atoms with Gasteiger partial charge in [0.1, 0.15) is 11.9 Å². The van der Waals surface area contributed by atoms with Crippen LogP contribution in [0.3, 0.4) is 0 Å². The Morgan fingerprint density at radius 2 is 2.00 bits per heavy atom. The number of carbonyl (C=O) groups is 2. The minimum absolute atomic E-state index is 0.0509. The number of para-hydroxylation sites is 1. The maximum absolute atomic E-state index is 12.6. The zero-order valence-corrected chi connectivity index (χ0v) is 18.4. The standard InChI is InChI=1S/C22H21ClN4O2S/c1-12(2)19-21(29)26-20-14-6-4-5-7-16(14)25-22(27(19)20)30-11-18(28)24-17-9-8-13(3)10-15(17)23/h4-10,12,19H,11H2,1-3H3,(H,24,28). The van der Waals surface area contributed by atoms with Gasteiger partial charge in [0, 0.05) is 5.56 Å². The van der Waals surface area contributed by atoms with Crippen LogP contribution in [0.5, 0.6) is 0 Å². The largest absolute Gasteiger partial charge is 0.324 e. The Morgan fingerprint density at radius 3 is 2.73 bits per heavy atom. The molecule has 2 amide bonds. The number of hydrogen-bond donors (Lipinski definition) is 1. The zero-order valence-electron chi connectivity index (χ0n) is 16.8. The fourth-order valence-corrected chi connectivity index (χ4v) is 4.62. The Bertz CT molecular complexity index is 1100. The van der Waals surface area contributed by atoms with E-state index < -0.39 is 6.04 Å². The maximum atomic E-state index is 12.6. The molecule has 1 N–H and O–H groups in total. The van der Waals surface area contributed by atoms with Crippen molar-refractivity contribution < 1.29 is 9.59 Å². The molecule has 2 heterocycles. The second-order valence-corrected chi connectivity index (χ2v) is 8.91. The van der Waals surface area contributed by atoms with Gasteiger partial charge in [-0.25, -0.2) is 4.99 Å². The summed E-state index contributed by atoms with van der Waals surface area (Å²) in [5.41, 5.74) is 3.17. The molecule has 0 aliphatic carbocycles. The molecule has 154 valence electrons. The van der Waals surface area contributed by atoms with E-state index in [1.807, 2.05) is 56.0 Å². The number of hydrogen-bond acceptors (Lipinski definition) is 5. The molecule has 0 saturated heterocycles. The summed E-state index contributed by atoms with van der Waals surface area (Å²) in [6.45, 7) is 5.90. The summed E-state index contributed by atoms with van der Waals surface area (Å²) in [7, 11) is 0. The average molecular weight is 441 g/mol. The van der Waals surface area contributed by atoms with E-state index in [0.717, 1.165) is 16.8 Å². The van der Waals surface area contributed by atoms with Gasteiger partial charge in [-0.15, -0.1) is 0 Å². The van der Waals surface area contributed by atoms with Gasteiger partial charge in [-0.05, 0) is 42.7 Å². The molecule has 0 aromatic heterocycles. The van der Waals surface area contributed by atoms with Crippen molar-refractivity contribution in [1.29, 1.82) is 0 Å². The number of thioether (sulfide) groups is 1. The third kappa shape index (κ3) is 3.87. The summed E-state index contributed by atoms with van der Waals surface area (Å²) in [5.74, 6) is 0.413. The van der Waals surface area contributed by atoms with Crippen molar-refractivity contribution in [1.82, 2.24) is 4.90 Å². The normalized spacial score (nSPS) is 17.4. The van der Waals surface area contributed by atoms with E-state index in [2.05, 4.69) is 10.3 Å². The molecule has 1 atom stereocenters. The van der Waals surface area contributed by atoms with Crippen LogP contribution in [0.1, 0.15) is 25.0 Å². The van der Waals surface area contributed by atoms with Gasteiger partial charge in [-0.2, -0.15) is 4.99 Å². The van der Waals surface area contributed by atoms with Crippen molar-refractivity contribution in [3.8, 4) is 0 Å².